The summed E-state index contributed by atoms with van der Waals surface area (Å²) in [6, 6.07) is 3.04. The van der Waals surface area contributed by atoms with Crippen LogP contribution in [0.15, 0.2) is 35.1 Å². The predicted octanol–water partition coefficient (Wildman–Crippen LogP) is 2.33. The second kappa shape index (κ2) is 6.22. The Labute approximate surface area is 135 Å². The van der Waals surface area contributed by atoms with E-state index in [0.717, 1.165) is 12.1 Å². The number of carbonyl (C=O) groups is 1. The van der Waals surface area contributed by atoms with E-state index < -0.39 is 29.6 Å². The SMILES string of the molecule is O=C(Nc1nccnn1)c1ccc(-c2noc(C(F)(F)F)n2)c(F)c1. The van der Waals surface area contributed by atoms with Crippen molar-refractivity contribution in [1.82, 2.24) is 25.3 Å². The quantitative estimate of drug-likeness (QED) is 0.719. The van der Waals surface area contributed by atoms with Crippen LogP contribution in [0.2, 0.25) is 0 Å². The van der Waals surface area contributed by atoms with Gasteiger partial charge in [-0.15, -0.1) is 5.10 Å². The molecule has 0 radical (unpaired) electrons. The molecule has 0 fully saturated rings. The normalized spacial score (nSPS) is 11.4. The highest BCUT2D eigenvalue weighted by molar-refractivity contribution is 6.03. The summed E-state index contributed by atoms with van der Waals surface area (Å²) in [6.45, 7) is 0. The highest BCUT2D eigenvalue weighted by Crippen LogP contribution is 2.30. The Morgan fingerprint density at radius 1 is 1.20 bits per heavy atom. The van der Waals surface area contributed by atoms with Crippen LogP contribution in [0.1, 0.15) is 16.2 Å². The van der Waals surface area contributed by atoms with Crippen LogP contribution in [-0.2, 0) is 6.18 Å². The zero-order chi connectivity index (χ0) is 18.0. The monoisotopic (exact) mass is 354 g/mol. The Balaban J connectivity index is 1.83. The Morgan fingerprint density at radius 2 is 2.00 bits per heavy atom. The first-order valence-electron chi connectivity index (χ1n) is 6.50. The number of nitrogens with one attached hydrogen (secondary N) is 1. The minimum Gasteiger partial charge on any atom is -0.329 e. The molecule has 0 spiro atoms. The minimum atomic E-state index is -4.84. The van der Waals surface area contributed by atoms with Crippen LogP contribution >= 0.6 is 0 Å². The molecule has 12 heteroatoms. The van der Waals surface area contributed by atoms with Crippen LogP contribution in [0.4, 0.5) is 23.5 Å². The van der Waals surface area contributed by atoms with Crippen molar-refractivity contribution in [3.63, 3.8) is 0 Å². The van der Waals surface area contributed by atoms with Crippen molar-refractivity contribution < 1.29 is 26.9 Å². The van der Waals surface area contributed by atoms with Crippen LogP contribution < -0.4 is 5.32 Å². The number of halogens is 4. The van der Waals surface area contributed by atoms with Crippen LogP contribution in [0, 0.1) is 5.82 Å². The van der Waals surface area contributed by atoms with Gasteiger partial charge >= 0.3 is 12.1 Å². The third-order valence-corrected chi connectivity index (χ3v) is 2.85. The van der Waals surface area contributed by atoms with E-state index in [1.165, 1.54) is 18.5 Å². The lowest BCUT2D eigenvalue weighted by molar-refractivity contribution is -0.159. The average Bonchev–Trinajstić information content (AvgIpc) is 3.05. The average molecular weight is 354 g/mol. The number of rotatable bonds is 3. The van der Waals surface area contributed by atoms with Crippen LogP contribution in [0.25, 0.3) is 11.4 Å². The number of hydrogen-bond acceptors (Lipinski definition) is 7. The van der Waals surface area contributed by atoms with Crippen LogP contribution in [0.3, 0.4) is 0 Å². The molecule has 0 aliphatic carbocycles. The maximum atomic E-state index is 14.1. The number of benzene rings is 1. The van der Waals surface area contributed by atoms with Crippen molar-refractivity contribution in [2.24, 2.45) is 0 Å². The molecule has 1 amide bonds. The zero-order valence-corrected chi connectivity index (χ0v) is 12.0. The van der Waals surface area contributed by atoms with E-state index in [0.29, 0.717) is 0 Å². The van der Waals surface area contributed by atoms with Gasteiger partial charge in [0.05, 0.1) is 18.0 Å². The number of anilines is 1. The molecule has 0 saturated carbocycles. The number of hydrogen-bond donors (Lipinski definition) is 1. The molecule has 0 bridgehead atoms. The number of carbonyl (C=O) groups excluding carboxylic acids is 1. The van der Waals surface area contributed by atoms with Gasteiger partial charge in [-0.25, -0.2) is 9.37 Å². The van der Waals surface area contributed by atoms with Crippen molar-refractivity contribution in [1.29, 1.82) is 0 Å². The standard InChI is InChI=1S/C13H6F4N6O2/c14-8-5-6(10(24)21-12-18-3-4-19-22-12)1-2-7(8)9-20-11(25-23-9)13(15,16)17/h1-5H,(H,18,21,22,24). The van der Waals surface area contributed by atoms with Gasteiger partial charge in [-0.3, -0.25) is 10.1 Å². The topological polar surface area (TPSA) is 107 Å². The molecule has 0 aliphatic heterocycles. The summed E-state index contributed by atoms with van der Waals surface area (Å²) >= 11 is 0. The molecular weight excluding hydrogens is 348 g/mol. The van der Waals surface area contributed by atoms with E-state index in [1.807, 2.05) is 0 Å². The van der Waals surface area contributed by atoms with Crippen molar-refractivity contribution in [2.75, 3.05) is 5.32 Å². The Morgan fingerprint density at radius 3 is 2.60 bits per heavy atom. The summed E-state index contributed by atoms with van der Waals surface area (Å²) in [4.78, 5) is 18.8. The Hall–Kier alpha value is -3.44. The molecule has 0 unspecified atom stereocenters. The van der Waals surface area contributed by atoms with Gasteiger partial charge in [0.1, 0.15) is 5.82 Å². The van der Waals surface area contributed by atoms with E-state index in [1.54, 1.807) is 0 Å². The lowest BCUT2D eigenvalue weighted by Crippen LogP contribution is -2.14. The molecule has 1 N–H and O–H groups in total. The second-order valence-electron chi connectivity index (χ2n) is 4.54. The molecule has 1 aromatic carbocycles. The van der Waals surface area contributed by atoms with E-state index in [-0.39, 0.29) is 17.1 Å². The summed E-state index contributed by atoms with van der Waals surface area (Å²) in [5.74, 6) is -4.02. The number of aromatic nitrogens is 5. The Bertz CT molecular complexity index is 912. The summed E-state index contributed by atoms with van der Waals surface area (Å²) < 4.78 is 55.5. The summed E-state index contributed by atoms with van der Waals surface area (Å²) in [6.07, 6.45) is -2.25. The van der Waals surface area contributed by atoms with Gasteiger partial charge in [0, 0.05) is 5.56 Å². The van der Waals surface area contributed by atoms with Crippen molar-refractivity contribution in [2.45, 2.75) is 6.18 Å². The predicted molar refractivity (Wildman–Crippen MR) is 72.5 cm³/mol. The van der Waals surface area contributed by atoms with Gasteiger partial charge in [0.15, 0.2) is 0 Å². The Kier molecular flexibility index (Phi) is 4.09. The fraction of sp³-hybridized carbons (Fsp3) is 0.0769. The molecule has 0 saturated heterocycles. The molecule has 25 heavy (non-hydrogen) atoms. The molecule has 128 valence electrons. The molecule has 2 heterocycles. The van der Waals surface area contributed by atoms with Crippen molar-refractivity contribution >= 4 is 11.9 Å². The lowest BCUT2D eigenvalue weighted by Gasteiger charge is -2.04. The highest BCUT2D eigenvalue weighted by atomic mass is 19.4. The highest BCUT2D eigenvalue weighted by Gasteiger charge is 2.38. The van der Waals surface area contributed by atoms with Gasteiger partial charge in [-0.2, -0.15) is 23.3 Å². The van der Waals surface area contributed by atoms with Crippen LogP contribution in [0.5, 0.6) is 0 Å². The van der Waals surface area contributed by atoms with Gasteiger partial charge in [0.2, 0.25) is 11.8 Å². The molecule has 3 rings (SSSR count). The second-order valence-corrected chi connectivity index (χ2v) is 4.54. The summed E-state index contributed by atoms with van der Waals surface area (Å²) in [5, 5.41) is 12.4. The van der Waals surface area contributed by atoms with Gasteiger partial charge < -0.3 is 4.52 Å². The van der Waals surface area contributed by atoms with Gasteiger partial charge in [0.25, 0.3) is 5.91 Å². The largest absolute Gasteiger partial charge is 0.471 e. The molecular formula is C13H6F4N6O2. The smallest absolute Gasteiger partial charge is 0.329 e. The number of alkyl halides is 3. The first-order chi connectivity index (χ1) is 11.8. The fourth-order valence-electron chi connectivity index (χ4n) is 1.76. The zero-order valence-electron chi connectivity index (χ0n) is 12.0. The third kappa shape index (κ3) is 3.57. The number of nitrogens with zero attached hydrogens (tertiary/aromatic N) is 5. The summed E-state index contributed by atoms with van der Waals surface area (Å²) in [5.41, 5.74) is -0.471. The lowest BCUT2D eigenvalue weighted by atomic mass is 10.1. The molecule has 0 aliphatic rings. The first kappa shape index (κ1) is 16.4. The van der Waals surface area contributed by atoms with E-state index >= 15 is 0 Å². The molecule has 2 aromatic heterocycles. The first-order valence-corrected chi connectivity index (χ1v) is 6.50. The van der Waals surface area contributed by atoms with Gasteiger partial charge in [-0.05, 0) is 18.2 Å². The number of amides is 1. The van der Waals surface area contributed by atoms with Gasteiger partial charge in [-0.1, -0.05) is 5.16 Å². The molecule has 8 nitrogen and oxygen atoms in total. The molecule has 3 aromatic rings. The maximum Gasteiger partial charge on any atom is 0.471 e. The van der Waals surface area contributed by atoms with Crippen LogP contribution in [-0.4, -0.2) is 31.2 Å². The van der Waals surface area contributed by atoms with E-state index in [9.17, 15) is 22.4 Å². The van der Waals surface area contributed by atoms with E-state index in [2.05, 4.69) is 35.2 Å². The molecule has 0 atom stereocenters. The summed E-state index contributed by atoms with van der Waals surface area (Å²) in [7, 11) is 0. The fourth-order valence-corrected chi connectivity index (χ4v) is 1.76. The minimum absolute atomic E-state index is 0.0926. The van der Waals surface area contributed by atoms with E-state index in [4.69, 9.17) is 0 Å². The van der Waals surface area contributed by atoms with Crippen molar-refractivity contribution in [3.05, 3.63) is 47.9 Å². The third-order valence-electron chi connectivity index (χ3n) is 2.85. The van der Waals surface area contributed by atoms with Crippen molar-refractivity contribution in [3.8, 4) is 11.4 Å². The maximum absolute atomic E-state index is 14.1.